The highest BCUT2D eigenvalue weighted by atomic mass is 16.7. The predicted octanol–water partition coefficient (Wildman–Crippen LogP) is -0.491. The third-order valence-electron chi connectivity index (χ3n) is 2.07. The van der Waals surface area contributed by atoms with Crippen LogP contribution >= 0.6 is 0 Å². The van der Waals surface area contributed by atoms with E-state index in [9.17, 15) is 0 Å². The van der Waals surface area contributed by atoms with Gasteiger partial charge in [-0.15, -0.1) is 0 Å². The van der Waals surface area contributed by atoms with Gasteiger partial charge in [0.1, 0.15) is 0 Å². The standard InChI is InChI=1S/C5H10O2.C4H8O3/c6-4-5-2-1-3-7-5;5-3-4-6-1-2-7-4/h5-6H,1-4H2;4-5H,1-3H2. The molecule has 14 heavy (non-hydrogen) atoms. The Morgan fingerprint density at radius 3 is 1.93 bits per heavy atom. The fourth-order valence-corrected chi connectivity index (χ4v) is 1.30. The Morgan fingerprint density at radius 1 is 0.929 bits per heavy atom. The molecule has 2 N–H and O–H groups in total. The van der Waals surface area contributed by atoms with E-state index >= 15 is 0 Å². The summed E-state index contributed by atoms with van der Waals surface area (Å²) in [7, 11) is 0. The maximum absolute atomic E-state index is 8.44. The first kappa shape index (κ1) is 11.9. The molecule has 1 unspecified atom stereocenters. The van der Waals surface area contributed by atoms with Crippen LogP contribution in [0.4, 0.5) is 0 Å². The van der Waals surface area contributed by atoms with Crippen LogP contribution < -0.4 is 0 Å². The SMILES string of the molecule is OCC1CCCO1.OCC1OCCO1. The molecule has 0 bridgehead atoms. The summed E-state index contributed by atoms with van der Waals surface area (Å²) in [5, 5.41) is 16.8. The minimum atomic E-state index is -0.347. The fourth-order valence-electron chi connectivity index (χ4n) is 1.30. The van der Waals surface area contributed by atoms with Gasteiger partial charge in [-0.05, 0) is 12.8 Å². The molecular formula is C9H18O5. The summed E-state index contributed by atoms with van der Waals surface area (Å²) in [5.41, 5.74) is 0. The zero-order valence-corrected chi connectivity index (χ0v) is 8.22. The maximum atomic E-state index is 8.44. The normalized spacial score (nSPS) is 27.4. The predicted molar refractivity (Wildman–Crippen MR) is 48.8 cm³/mol. The first-order valence-corrected chi connectivity index (χ1v) is 4.93. The summed E-state index contributed by atoms with van der Waals surface area (Å²) in [4.78, 5) is 0. The summed E-state index contributed by atoms with van der Waals surface area (Å²) in [6.45, 7) is 2.24. The van der Waals surface area contributed by atoms with Gasteiger partial charge in [0.15, 0.2) is 6.29 Å². The summed E-state index contributed by atoms with van der Waals surface area (Å²) >= 11 is 0. The summed E-state index contributed by atoms with van der Waals surface area (Å²) in [6.07, 6.45) is 1.96. The van der Waals surface area contributed by atoms with Crippen molar-refractivity contribution in [1.82, 2.24) is 0 Å². The lowest BCUT2D eigenvalue weighted by atomic mass is 10.2. The van der Waals surface area contributed by atoms with Crippen LogP contribution in [0.2, 0.25) is 0 Å². The molecular weight excluding hydrogens is 188 g/mol. The number of aliphatic hydroxyl groups excluding tert-OH is 2. The first-order chi connectivity index (χ1) is 6.86. The molecule has 1 atom stereocenters. The van der Waals surface area contributed by atoms with Crippen LogP contribution in [0.3, 0.4) is 0 Å². The van der Waals surface area contributed by atoms with E-state index in [-0.39, 0.29) is 25.6 Å². The van der Waals surface area contributed by atoms with Gasteiger partial charge in [0, 0.05) is 6.61 Å². The molecule has 5 heteroatoms. The largest absolute Gasteiger partial charge is 0.394 e. The third-order valence-corrected chi connectivity index (χ3v) is 2.07. The lowest BCUT2D eigenvalue weighted by Gasteiger charge is -2.00. The van der Waals surface area contributed by atoms with Crippen molar-refractivity contribution >= 4 is 0 Å². The van der Waals surface area contributed by atoms with Crippen LogP contribution in [0, 0.1) is 0 Å². The Kier molecular flexibility index (Phi) is 6.05. The monoisotopic (exact) mass is 206 g/mol. The van der Waals surface area contributed by atoms with E-state index in [0.29, 0.717) is 13.2 Å². The smallest absolute Gasteiger partial charge is 0.180 e. The van der Waals surface area contributed by atoms with Crippen molar-refractivity contribution in [2.45, 2.75) is 25.2 Å². The molecule has 0 aliphatic carbocycles. The summed E-state index contributed by atoms with van der Waals surface area (Å²) in [5.74, 6) is 0. The zero-order chi connectivity index (χ0) is 10.2. The third kappa shape index (κ3) is 4.34. The van der Waals surface area contributed by atoms with Gasteiger partial charge in [-0.1, -0.05) is 0 Å². The van der Waals surface area contributed by atoms with Crippen molar-refractivity contribution in [3.63, 3.8) is 0 Å². The second kappa shape index (κ2) is 7.14. The van der Waals surface area contributed by atoms with Gasteiger partial charge in [-0.25, -0.2) is 0 Å². The van der Waals surface area contributed by atoms with E-state index in [1.807, 2.05) is 0 Å². The van der Waals surface area contributed by atoms with Crippen LogP contribution in [0.25, 0.3) is 0 Å². The van der Waals surface area contributed by atoms with E-state index in [4.69, 9.17) is 24.4 Å². The number of aliphatic hydroxyl groups is 2. The van der Waals surface area contributed by atoms with Crippen LogP contribution in [-0.4, -0.2) is 55.6 Å². The van der Waals surface area contributed by atoms with Crippen LogP contribution in [0.15, 0.2) is 0 Å². The quantitative estimate of drug-likeness (QED) is 0.638. The Balaban J connectivity index is 0.000000140. The van der Waals surface area contributed by atoms with Crippen LogP contribution in [0.5, 0.6) is 0 Å². The first-order valence-electron chi connectivity index (χ1n) is 4.93. The second-order valence-electron chi connectivity index (χ2n) is 3.17. The van der Waals surface area contributed by atoms with Crippen molar-refractivity contribution in [3.8, 4) is 0 Å². The molecule has 0 aromatic carbocycles. The molecule has 2 fully saturated rings. The second-order valence-corrected chi connectivity index (χ2v) is 3.17. The molecule has 2 rings (SSSR count). The highest BCUT2D eigenvalue weighted by molar-refractivity contribution is 4.61. The number of hydrogen-bond acceptors (Lipinski definition) is 5. The Hall–Kier alpha value is -0.200. The molecule has 2 saturated heterocycles. The van der Waals surface area contributed by atoms with Gasteiger partial charge in [0.25, 0.3) is 0 Å². The van der Waals surface area contributed by atoms with E-state index in [0.717, 1.165) is 19.4 Å². The molecule has 2 aliphatic rings. The van der Waals surface area contributed by atoms with Gasteiger partial charge in [-0.3, -0.25) is 0 Å². The average molecular weight is 206 g/mol. The summed E-state index contributed by atoms with van der Waals surface area (Å²) < 4.78 is 14.7. The van der Waals surface area contributed by atoms with Crippen LogP contribution in [-0.2, 0) is 14.2 Å². The van der Waals surface area contributed by atoms with E-state index in [1.54, 1.807) is 0 Å². The molecule has 2 heterocycles. The van der Waals surface area contributed by atoms with Crippen molar-refractivity contribution in [2.75, 3.05) is 33.0 Å². The Bertz CT molecular complexity index is 113. The molecule has 0 spiro atoms. The van der Waals surface area contributed by atoms with Gasteiger partial charge in [-0.2, -0.15) is 0 Å². The lowest BCUT2D eigenvalue weighted by molar-refractivity contribution is -0.0747. The van der Waals surface area contributed by atoms with E-state index < -0.39 is 0 Å². The topological polar surface area (TPSA) is 68.2 Å². The van der Waals surface area contributed by atoms with Crippen molar-refractivity contribution in [1.29, 1.82) is 0 Å². The van der Waals surface area contributed by atoms with Gasteiger partial charge in [0.05, 0.1) is 32.5 Å². The molecule has 2 aliphatic heterocycles. The molecule has 0 saturated carbocycles. The minimum Gasteiger partial charge on any atom is -0.394 e. The highest BCUT2D eigenvalue weighted by Gasteiger charge is 2.13. The molecule has 84 valence electrons. The lowest BCUT2D eigenvalue weighted by Crippen LogP contribution is -2.11. The van der Waals surface area contributed by atoms with Crippen molar-refractivity contribution < 1.29 is 24.4 Å². The minimum absolute atomic E-state index is 0.0278. The zero-order valence-electron chi connectivity index (χ0n) is 8.22. The van der Waals surface area contributed by atoms with E-state index in [1.165, 1.54) is 0 Å². The maximum Gasteiger partial charge on any atom is 0.180 e. The van der Waals surface area contributed by atoms with Gasteiger partial charge >= 0.3 is 0 Å². The highest BCUT2D eigenvalue weighted by Crippen LogP contribution is 2.09. The fraction of sp³-hybridized carbons (Fsp3) is 1.00. The average Bonchev–Trinajstić information content (AvgIpc) is 2.92. The number of hydrogen-bond donors (Lipinski definition) is 2. The molecule has 0 aromatic rings. The van der Waals surface area contributed by atoms with Gasteiger partial charge in [0.2, 0.25) is 0 Å². The van der Waals surface area contributed by atoms with Crippen molar-refractivity contribution in [3.05, 3.63) is 0 Å². The van der Waals surface area contributed by atoms with Gasteiger partial charge < -0.3 is 24.4 Å². The Morgan fingerprint density at radius 2 is 1.64 bits per heavy atom. The Labute approximate surface area is 83.6 Å². The molecule has 0 aromatic heterocycles. The van der Waals surface area contributed by atoms with Crippen LogP contribution in [0.1, 0.15) is 12.8 Å². The van der Waals surface area contributed by atoms with E-state index in [2.05, 4.69) is 0 Å². The number of rotatable bonds is 2. The number of ether oxygens (including phenoxy) is 3. The summed E-state index contributed by atoms with van der Waals surface area (Å²) in [6, 6.07) is 0. The molecule has 0 amide bonds. The van der Waals surface area contributed by atoms with Crippen molar-refractivity contribution in [2.24, 2.45) is 0 Å². The molecule has 0 radical (unpaired) electrons. The molecule has 5 nitrogen and oxygen atoms in total.